The Balaban J connectivity index is 0.000000190. The summed E-state index contributed by atoms with van der Waals surface area (Å²) in [4.78, 5) is 16.6. The van der Waals surface area contributed by atoms with E-state index < -0.39 is 11.7 Å². The van der Waals surface area contributed by atoms with Crippen molar-refractivity contribution in [3.05, 3.63) is 103 Å². The van der Waals surface area contributed by atoms with Gasteiger partial charge < -0.3 is 15.1 Å². The van der Waals surface area contributed by atoms with Crippen LogP contribution in [0.1, 0.15) is 11.3 Å². The van der Waals surface area contributed by atoms with Crippen LogP contribution in [-0.2, 0) is 26.3 Å². The number of hydrogen-bond acceptors (Lipinski definition) is 5. The largest absolute Gasteiger partial charge is 0.417 e. The Morgan fingerprint density at radius 2 is 1.57 bits per heavy atom. The van der Waals surface area contributed by atoms with Gasteiger partial charge in [0.2, 0.25) is 0 Å². The van der Waals surface area contributed by atoms with Crippen molar-refractivity contribution in [3.63, 3.8) is 0 Å². The molecule has 0 bridgehead atoms. The molecule has 0 aliphatic carbocycles. The minimum Gasteiger partial charge on any atom is -0.417 e. The van der Waals surface area contributed by atoms with E-state index in [4.69, 9.17) is 0 Å². The van der Waals surface area contributed by atoms with E-state index >= 15 is 0 Å². The van der Waals surface area contributed by atoms with Gasteiger partial charge in [0.25, 0.3) is 0 Å². The second kappa shape index (κ2) is 11.6. The van der Waals surface area contributed by atoms with E-state index in [2.05, 4.69) is 36.2 Å². The first kappa shape index (κ1) is 25.9. The van der Waals surface area contributed by atoms with Crippen LogP contribution >= 0.6 is 0 Å². The van der Waals surface area contributed by atoms with E-state index in [0.29, 0.717) is 28.6 Å². The van der Waals surface area contributed by atoms with Crippen molar-refractivity contribution in [2.24, 2.45) is 0 Å². The molecule has 0 saturated carbocycles. The topological polar surface area (TPSA) is 78.5 Å². The molecule has 0 amide bonds. The molecule has 6 nitrogen and oxygen atoms in total. The molecular weight excluding hydrogens is 634 g/mol. The second-order valence-electron chi connectivity index (χ2n) is 7.02. The third-order valence-electron chi connectivity index (χ3n) is 4.65. The van der Waals surface area contributed by atoms with Crippen LogP contribution in [0.2, 0.25) is 0 Å². The SMILES string of the molecule is Cc1nccnc1-c1[c-]cc(C(F)(F)F)cc1.[Ir].c1ccc(-c2n[n-]c(-c3ccccn3)n2)cc1. The van der Waals surface area contributed by atoms with Crippen molar-refractivity contribution in [1.29, 1.82) is 0 Å². The molecule has 10 heteroatoms. The van der Waals surface area contributed by atoms with E-state index in [1.165, 1.54) is 18.5 Å². The molecule has 0 N–H and O–H groups in total. The number of rotatable bonds is 3. The fourth-order valence-corrected chi connectivity index (χ4v) is 2.97. The Morgan fingerprint density at radius 1 is 0.829 bits per heavy atom. The Labute approximate surface area is 213 Å². The van der Waals surface area contributed by atoms with E-state index in [0.717, 1.165) is 23.4 Å². The molecule has 3 heterocycles. The fraction of sp³-hybridized carbons (Fsp3) is 0.0800. The quantitative estimate of drug-likeness (QED) is 0.243. The summed E-state index contributed by atoms with van der Waals surface area (Å²) >= 11 is 0. The average molecular weight is 651 g/mol. The number of hydrogen-bond donors (Lipinski definition) is 0. The molecule has 0 unspecified atom stereocenters. The molecule has 5 rings (SSSR count). The third kappa shape index (κ3) is 6.65. The van der Waals surface area contributed by atoms with Gasteiger partial charge in [-0.15, -0.1) is 29.8 Å². The normalized spacial score (nSPS) is 10.6. The standard InChI is InChI=1S/C13H9N4.C12H8F3N2.Ir/c1-2-6-10(7-3-1)12-15-13(17-16-12)11-8-4-5-9-14-11;1-8-11(17-7-6-16-8)9-2-4-10(5-3-9)12(13,14)15;/h1-9H;2,4-7H,1H3;/q2*-1;. The Hall–Kier alpha value is -3.75. The van der Waals surface area contributed by atoms with Gasteiger partial charge in [-0.25, -0.2) is 0 Å². The van der Waals surface area contributed by atoms with E-state index in [1.807, 2.05) is 48.5 Å². The molecule has 0 fully saturated rings. The molecule has 1 radical (unpaired) electrons. The fourth-order valence-electron chi connectivity index (χ4n) is 2.97. The zero-order valence-corrected chi connectivity index (χ0v) is 20.6. The van der Waals surface area contributed by atoms with Gasteiger partial charge in [0.1, 0.15) is 0 Å². The number of benzene rings is 2. The maximum atomic E-state index is 12.4. The first-order chi connectivity index (χ1) is 16.4. The van der Waals surface area contributed by atoms with Crippen LogP contribution in [0.4, 0.5) is 13.2 Å². The molecule has 179 valence electrons. The smallest absolute Gasteiger partial charge is 0.381 e. The van der Waals surface area contributed by atoms with Gasteiger partial charge >= 0.3 is 6.18 Å². The predicted octanol–water partition coefficient (Wildman–Crippen LogP) is 5.43. The monoisotopic (exact) mass is 651 g/mol. The number of nitrogens with zero attached hydrogens (tertiary/aromatic N) is 6. The van der Waals surface area contributed by atoms with Crippen LogP contribution in [0, 0.1) is 13.0 Å². The maximum Gasteiger partial charge on any atom is 0.381 e. The third-order valence-corrected chi connectivity index (χ3v) is 4.65. The van der Waals surface area contributed by atoms with Gasteiger partial charge in [-0.05, 0) is 36.0 Å². The molecule has 0 aliphatic heterocycles. The summed E-state index contributed by atoms with van der Waals surface area (Å²) in [5.74, 6) is 1.19. The van der Waals surface area contributed by atoms with Crippen molar-refractivity contribution >= 4 is 0 Å². The van der Waals surface area contributed by atoms with E-state index in [1.54, 1.807) is 13.1 Å². The summed E-state index contributed by atoms with van der Waals surface area (Å²) in [5, 5.41) is 8.10. The van der Waals surface area contributed by atoms with Gasteiger partial charge in [0, 0.05) is 50.1 Å². The zero-order valence-electron chi connectivity index (χ0n) is 18.2. The van der Waals surface area contributed by atoms with Crippen molar-refractivity contribution in [1.82, 2.24) is 30.1 Å². The van der Waals surface area contributed by atoms with Crippen LogP contribution < -0.4 is 5.10 Å². The molecule has 0 saturated heterocycles. The van der Waals surface area contributed by atoms with Gasteiger partial charge in [0.05, 0.1) is 11.5 Å². The van der Waals surface area contributed by atoms with Crippen LogP contribution in [0.15, 0.2) is 85.3 Å². The molecule has 0 aliphatic rings. The summed E-state index contributed by atoms with van der Waals surface area (Å²) in [6, 6.07) is 21.3. The summed E-state index contributed by atoms with van der Waals surface area (Å²) in [5.41, 5.74) is 2.68. The van der Waals surface area contributed by atoms with Gasteiger partial charge in [-0.2, -0.15) is 13.2 Å². The van der Waals surface area contributed by atoms with Crippen molar-refractivity contribution in [2.75, 3.05) is 0 Å². The molecular formula is C25H17F3IrN6-2. The number of aryl methyl sites for hydroxylation is 1. The Morgan fingerprint density at radius 3 is 2.20 bits per heavy atom. The van der Waals surface area contributed by atoms with Crippen LogP contribution in [-0.4, -0.2) is 25.0 Å². The summed E-state index contributed by atoms with van der Waals surface area (Å²) in [6.07, 6.45) is 0.400. The molecule has 0 spiro atoms. The summed E-state index contributed by atoms with van der Waals surface area (Å²) < 4.78 is 37.1. The van der Waals surface area contributed by atoms with E-state index in [9.17, 15) is 13.2 Å². The summed E-state index contributed by atoms with van der Waals surface area (Å²) in [7, 11) is 0. The first-order valence-corrected chi connectivity index (χ1v) is 10.1. The number of halogens is 3. The van der Waals surface area contributed by atoms with Gasteiger partial charge in [0.15, 0.2) is 0 Å². The van der Waals surface area contributed by atoms with Crippen LogP contribution in [0.5, 0.6) is 0 Å². The van der Waals surface area contributed by atoms with Crippen molar-refractivity contribution in [2.45, 2.75) is 13.1 Å². The number of aromatic nitrogens is 6. The van der Waals surface area contributed by atoms with Crippen molar-refractivity contribution < 1.29 is 33.3 Å². The summed E-state index contributed by atoms with van der Waals surface area (Å²) in [6.45, 7) is 1.74. The molecule has 5 aromatic rings. The predicted molar refractivity (Wildman–Crippen MR) is 120 cm³/mol. The minimum absolute atomic E-state index is 0. The van der Waals surface area contributed by atoms with Crippen LogP contribution in [0.3, 0.4) is 0 Å². The zero-order chi connectivity index (χ0) is 24.0. The van der Waals surface area contributed by atoms with Crippen LogP contribution in [0.25, 0.3) is 34.2 Å². The number of pyridine rings is 1. The molecule has 35 heavy (non-hydrogen) atoms. The van der Waals surface area contributed by atoms with Crippen molar-refractivity contribution in [3.8, 4) is 34.2 Å². The first-order valence-electron chi connectivity index (χ1n) is 10.1. The van der Waals surface area contributed by atoms with Gasteiger partial charge in [-0.3, -0.25) is 15.1 Å². The molecule has 2 aromatic carbocycles. The van der Waals surface area contributed by atoms with E-state index in [-0.39, 0.29) is 20.1 Å². The Bertz CT molecular complexity index is 1290. The molecule has 3 aromatic heterocycles. The number of alkyl halides is 3. The molecule has 0 atom stereocenters. The average Bonchev–Trinajstić information content (AvgIpc) is 3.36. The minimum atomic E-state index is -4.34. The maximum absolute atomic E-state index is 12.4. The second-order valence-corrected chi connectivity index (χ2v) is 7.02. The Kier molecular flexibility index (Phi) is 8.57. The van der Waals surface area contributed by atoms with Gasteiger partial charge in [-0.1, -0.05) is 36.4 Å².